The average Bonchev–Trinajstić information content (AvgIpc) is 2.54. The zero-order valence-electron chi connectivity index (χ0n) is 12.7. The van der Waals surface area contributed by atoms with E-state index in [1.54, 1.807) is 6.20 Å². The van der Waals surface area contributed by atoms with E-state index in [0.29, 0.717) is 11.5 Å². The van der Waals surface area contributed by atoms with Crippen molar-refractivity contribution in [1.82, 2.24) is 4.98 Å². The predicted molar refractivity (Wildman–Crippen MR) is 90.2 cm³/mol. The quantitative estimate of drug-likeness (QED) is 0.765. The van der Waals surface area contributed by atoms with Crippen LogP contribution in [0.3, 0.4) is 0 Å². The Bertz CT molecular complexity index is 824. The van der Waals surface area contributed by atoms with Gasteiger partial charge in [-0.2, -0.15) is 0 Å². The molecule has 0 unspecified atom stereocenters. The number of benzene rings is 2. The van der Waals surface area contributed by atoms with Crippen LogP contribution in [-0.4, -0.2) is 10.9 Å². The molecule has 3 nitrogen and oxygen atoms in total. The highest BCUT2D eigenvalue weighted by Gasteiger charge is 2.11. The zero-order chi connectivity index (χ0) is 15.5. The van der Waals surface area contributed by atoms with Crippen LogP contribution in [0.1, 0.15) is 35.7 Å². The average molecular weight is 290 g/mol. The maximum atomic E-state index is 12.5. The van der Waals surface area contributed by atoms with E-state index < -0.39 is 0 Å². The van der Waals surface area contributed by atoms with Crippen LogP contribution in [0.15, 0.2) is 60.8 Å². The normalized spacial score (nSPS) is 10.9. The first-order valence-electron chi connectivity index (χ1n) is 7.40. The first-order valence-corrected chi connectivity index (χ1v) is 7.40. The minimum Gasteiger partial charge on any atom is -0.322 e. The number of carbonyl (C=O) groups is 1. The van der Waals surface area contributed by atoms with Gasteiger partial charge in [0.05, 0.1) is 11.1 Å². The van der Waals surface area contributed by atoms with Crippen molar-refractivity contribution >= 4 is 22.5 Å². The third-order valence-corrected chi connectivity index (χ3v) is 3.68. The summed E-state index contributed by atoms with van der Waals surface area (Å²) in [4.78, 5) is 16.8. The van der Waals surface area contributed by atoms with Crippen LogP contribution >= 0.6 is 0 Å². The van der Waals surface area contributed by atoms with Gasteiger partial charge in [-0.1, -0.05) is 50.2 Å². The van der Waals surface area contributed by atoms with Crippen molar-refractivity contribution in [2.24, 2.45) is 0 Å². The molecule has 3 heteroatoms. The summed E-state index contributed by atoms with van der Waals surface area (Å²) in [5.41, 5.74) is 3.44. The fraction of sp³-hybridized carbons (Fsp3) is 0.158. The Morgan fingerprint density at radius 2 is 1.77 bits per heavy atom. The number of amides is 1. The van der Waals surface area contributed by atoms with Gasteiger partial charge in [0.25, 0.3) is 5.91 Å². The van der Waals surface area contributed by atoms with Gasteiger partial charge >= 0.3 is 0 Å². The Kier molecular flexibility index (Phi) is 3.88. The van der Waals surface area contributed by atoms with Gasteiger partial charge in [-0.25, -0.2) is 0 Å². The largest absolute Gasteiger partial charge is 0.322 e. The zero-order valence-corrected chi connectivity index (χ0v) is 12.7. The molecule has 0 saturated carbocycles. The molecule has 0 atom stereocenters. The maximum Gasteiger partial charge on any atom is 0.257 e. The molecule has 1 heterocycles. The molecule has 0 spiro atoms. The molecule has 0 aliphatic heterocycles. The van der Waals surface area contributed by atoms with Gasteiger partial charge in [0.15, 0.2) is 0 Å². The predicted octanol–water partition coefficient (Wildman–Crippen LogP) is 4.61. The summed E-state index contributed by atoms with van der Waals surface area (Å²) in [5.74, 6) is 0.220. The molecule has 3 rings (SSSR count). The number of pyridine rings is 1. The van der Waals surface area contributed by atoms with Crippen LogP contribution in [0.25, 0.3) is 10.9 Å². The smallest absolute Gasteiger partial charge is 0.257 e. The number of hydrogen-bond acceptors (Lipinski definition) is 2. The fourth-order valence-corrected chi connectivity index (χ4v) is 2.50. The van der Waals surface area contributed by atoms with E-state index >= 15 is 0 Å². The lowest BCUT2D eigenvalue weighted by Gasteiger charge is -2.13. The number of anilines is 1. The van der Waals surface area contributed by atoms with Crippen molar-refractivity contribution in [1.29, 1.82) is 0 Å². The van der Waals surface area contributed by atoms with Gasteiger partial charge in [-0.15, -0.1) is 0 Å². The van der Waals surface area contributed by atoms with E-state index in [4.69, 9.17) is 0 Å². The second-order valence-electron chi connectivity index (χ2n) is 5.61. The van der Waals surface area contributed by atoms with Crippen molar-refractivity contribution < 1.29 is 4.79 Å². The molecule has 0 bridgehead atoms. The van der Waals surface area contributed by atoms with Crippen LogP contribution in [0.2, 0.25) is 0 Å². The monoisotopic (exact) mass is 290 g/mol. The van der Waals surface area contributed by atoms with E-state index in [2.05, 4.69) is 24.1 Å². The molecular weight excluding hydrogens is 272 g/mol. The molecule has 0 aliphatic carbocycles. The number of carbonyl (C=O) groups excluding carboxylic acids is 1. The summed E-state index contributed by atoms with van der Waals surface area (Å²) >= 11 is 0. The molecule has 1 aromatic heterocycles. The Hall–Kier alpha value is -2.68. The second-order valence-corrected chi connectivity index (χ2v) is 5.61. The first kappa shape index (κ1) is 14.3. The minimum atomic E-state index is -0.133. The number of aromatic nitrogens is 1. The summed E-state index contributed by atoms with van der Waals surface area (Å²) in [6, 6.07) is 17.5. The lowest BCUT2D eigenvalue weighted by atomic mass is 10.0. The van der Waals surface area contributed by atoms with Crippen LogP contribution in [0.5, 0.6) is 0 Å². The van der Waals surface area contributed by atoms with Crippen molar-refractivity contribution in [3.63, 3.8) is 0 Å². The molecule has 0 aliphatic rings. The molecule has 1 amide bonds. The lowest BCUT2D eigenvalue weighted by molar-refractivity contribution is 0.102. The first-order chi connectivity index (χ1) is 10.6. The molecular formula is C19H18N2O. The van der Waals surface area contributed by atoms with Crippen molar-refractivity contribution in [3.05, 3.63) is 71.9 Å². The highest BCUT2D eigenvalue weighted by atomic mass is 16.1. The van der Waals surface area contributed by atoms with Gasteiger partial charge in [-0.05, 0) is 29.7 Å². The van der Waals surface area contributed by atoms with Crippen molar-refractivity contribution in [2.75, 3.05) is 5.32 Å². The third-order valence-electron chi connectivity index (χ3n) is 3.68. The SMILES string of the molecule is CC(C)c1ccccc1NC(=O)c1cnc2ccccc2c1. The number of hydrogen-bond donors (Lipinski definition) is 1. The van der Waals surface area contributed by atoms with Crippen LogP contribution < -0.4 is 5.32 Å². The summed E-state index contributed by atoms with van der Waals surface area (Å²) < 4.78 is 0. The molecule has 1 N–H and O–H groups in total. The molecule has 0 radical (unpaired) electrons. The Morgan fingerprint density at radius 1 is 1.05 bits per heavy atom. The highest BCUT2D eigenvalue weighted by molar-refractivity contribution is 6.06. The Balaban J connectivity index is 1.90. The Morgan fingerprint density at radius 3 is 2.59 bits per heavy atom. The van der Waals surface area contributed by atoms with Gasteiger partial charge in [0.1, 0.15) is 0 Å². The summed E-state index contributed by atoms with van der Waals surface area (Å²) in [6.45, 7) is 4.23. The van der Waals surface area contributed by atoms with Crippen LogP contribution in [0, 0.1) is 0 Å². The number of fused-ring (bicyclic) bond motifs is 1. The third kappa shape index (κ3) is 2.84. The van der Waals surface area contributed by atoms with E-state index in [-0.39, 0.29) is 5.91 Å². The van der Waals surface area contributed by atoms with Gasteiger partial charge < -0.3 is 5.32 Å². The lowest BCUT2D eigenvalue weighted by Crippen LogP contribution is -2.14. The van der Waals surface area contributed by atoms with Gasteiger partial charge in [0, 0.05) is 17.3 Å². The summed E-state index contributed by atoms with van der Waals surface area (Å²) in [7, 11) is 0. The van der Waals surface area contributed by atoms with E-state index in [1.165, 1.54) is 0 Å². The van der Waals surface area contributed by atoms with E-state index in [9.17, 15) is 4.79 Å². The molecule has 0 saturated heterocycles. The van der Waals surface area contributed by atoms with Gasteiger partial charge in [0.2, 0.25) is 0 Å². The van der Waals surface area contributed by atoms with E-state index in [0.717, 1.165) is 22.2 Å². The second kappa shape index (κ2) is 5.98. The molecule has 110 valence electrons. The highest BCUT2D eigenvalue weighted by Crippen LogP contribution is 2.24. The van der Waals surface area contributed by atoms with Crippen molar-refractivity contribution in [2.45, 2.75) is 19.8 Å². The number of para-hydroxylation sites is 2. The fourth-order valence-electron chi connectivity index (χ4n) is 2.50. The topological polar surface area (TPSA) is 42.0 Å². The van der Waals surface area contributed by atoms with Crippen LogP contribution in [0.4, 0.5) is 5.69 Å². The number of nitrogens with one attached hydrogen (secondary N) is 1. The van der Waals surface area contributed by atoms with Gasteiger partial charge in [-0.3, -0.25) is 9.78 Å². The molecule has 0 fully saturated rings. The minimum absolute atomic E-state index is 0.133. The van der Waals surface area contributed by atoms with Crippen molar-refractivity contribution in [3.8, 4) is 0 Å². The maximum absolute atomic E-state index is 12.5. The number of rotatable bonds is 3. The van der Waals surface area contributed by atoms with Crippen LogP contribution in [-0.2, 0) is 0 Å². The number of nitrogens with zero attached hydrogens (tertiary/aromatic N) is 1. The van der Waals surface area contributed by atoms with E-state index in [1.807, 2.05) is 54.6 Å². The summed E-state index contributed by atoms with van der Waals surface area (Å²) in [6.07, 6.45) is 1.62. The summed E-state index contributed by atoms with van der Waals surface area (Å²) in [5, 5.41) is 3.96. The Labute approximate surface area is 130 Å². The molecule has 2 aromatic carbocycles. The molecule has 3 aromatic rings. The standard InChI is InChI=1S/C19H18N2O/c1-13(2)16-8-4-6-10-18(16)21-19(22)15-11-14-7-3-5-9-17(14)20-12-15/h3-13H,1-2H3,(H,21,22). The molecule has 22 heavy (non-hydrogen) atoms.